The third-order valence-corrected chi connectivity index (χ3v) is 4.30. The second-order valence-corrected chi connectivity index (χ2v) is 6.19. The Morgan fingerprint density at radius 3 is 3.00 bits per heavy atom. The van der Waals surface area contributed by atoms with Crippen molar-refractivity contribution in [3.05, 3.63) is 29.3 Å². The van der Waals surface area contributed by atoms with Gasteiger partial charge in [0.2, 0.25) is 0 Å². The molecule has 1 aliphatic heterocycles. The fourth-order valence-corrected chi connectivity index (χ4v) is 3.49. The number of thioether (sulfide) groups is 1. The maximum absolute atomic E-state index is 3.67. The van der Waals surface area contributed by atoms with Crippen LogP contribution in [0.5, 0.6) is 0 Å². The number of hydrogen-bond donors (Lipinski definition) is 1. The minimum atomic E-state index is 0.561. The molecule has 2 heteroatoms. The molecule has 0 aliphatic carbocycles. The van der Waals surface area contributed by atoms with Crippen molar-refractivity contribution in [2.45, 2.75) is 49.8 Å². The van der Waals surface area contributed by atoms with E-state index < -0.39 is 0 Å². The third kappa shape index (κ3) is 2.61. The summed E-state index contributed by atoms with van der Waals surface area (Å²) in [5.74, 6) is 0. The van der Waals surface area contributed by atoms with Gasteiger partial charge in [-0.15, -0.1) is 11.8 Å². The zero-order chi connectivity index (χ0) is 11.5. The number of nitrogens with one attached hydrogen (secondary N) is 1. The molecule has 0 saturated carbocycles. The predicted octanol–water partition coefficient (Wildman–Crippen LogP) is 3.92. The van der Waals surface area contributed by atoms with Crippen LogP contribution in [0.4, 0.5) is 0 Å². The standard InChI is InChI=1S/C14H21NS/c1-4-7-15-13-9-11(3)16-14-6-5-10(2)8-12(13)14/h5-6,8,11,13,15H,4,7,9H2,1-3H3. The van der Waals surface area contributed by atoms with Gasteiger partial charge < -0.3 is 5.32 Å². The molecule has 0 radical (unpaired) electrons. The molecule has 1 aromatic carbocycles. The van der Waals surface area contributed by atoms with Crippen molar-refractivity contribution < 1.29 is 0 Å². The van der Waals surface area contributed by atoms with Gasteiger partial charge in [-0.1, -0.05) is 31.5 Å². The molecule has 1 N–H and O–H groups in total. The van der Waals surface area contributed by atoms with Crippen molar-refractivity contribution in [1.82, 2.24) is 5.32 Å². The van der Waals surface area contributed by atoms with E-state index in [1.54, 1.807) is 0 Å². The van der Waals surface area contributed by atoms with E-state index >= 15 is 0 Å². The number of fused-ring (bicyclic) bond motifs is 1. The molecule has 1 heterocycles. The third-order valence-electron chi connectivity index (χ3n) is 3.08. The van der Waals surface area contributed by atoms with E-state index in [2.05, 4.69) is 44.3 Å². The molecule has 2 rings (SSSR count). The minimum Gasteiger partial charge on any atom is -0.310 e. The van der Waals surface area contributed by atoms with E-state index in [9.17, 15) is 0 Å². The average Bonchev–Trinajstić information content (AvgIpc) is 2.26. The highest BCUT2D eigenvalue weighted by Gasteiger charge is 2.24. The van der Waals surface area contributed by atoms with Crippen molar-refractivity contribution >= 4 is 11.8 Å². The summed E-state index contributed by atoms with van der Waals surface area (Å²) in [5.41, 5.74) is 2.88. The summed E-state index contributed by atoms with van der Waals surface area (Å²) in [6.07, 6.45) is 2.46. The summed E-state index contributed by atoms with van der Waals surface area (Å²) >= 11 is 2.02. The topological polar surface area (TPSA) is 12.0 Å². The van der Waals surface area contributed by atoms with Crippen LogP contribution in [0, 0.1) is 6.92 Å². The van der Waals surface area contributed by atoms with E-state index in [4.69, 9.17) is 0 Å². The van der Waals surface area contributed by atoms with Crippen LogP contribution in [0.1, 0.15) is 43.9 Å². The molecular formula is C14H21NS. The zero-order valence-electron chi connectivity index (χ0n) is 10.4. The summed E-state index contributed by atoms with van der Waals surface area (Å²) in [6, 6.07) is 7.42. The summed E-state index contributed by atoms with van der Waals surface area (Å²) in [7, 11) is 0. The Kier molecular flexibility index (Phi) is 3.93. The van der Waals surface area contributed by atoms with Crippen LogP contribution in [0.25, 0.3) is 0 Å². The van der Waals surface area contributed by atoms with Crippen molar-refractivity contribution in [1.29, 1.82) is 0 Å². The highest BCUT2D eigenvalue weighted by molar-refractivity contribution is 8.00. The average molecular weight is 235 g/mol. The Labute approximate surface area is 103 Å². The van der Waals surface area contributed by atoms with Gasteiger partial charge in [0.05, 0.1) is 0 Å². The Morgan fingerprint density at radius 2 is 2.25 bits per heavy atom. The fourth-order valence-electron chi connectivity index (χ4n) is 2.28. The van der Waals surface area contributed by atoms with Crippen molar-refractivity contribution in [2.24, 2.45) is 0 Å². The van der Waals surface area contributed by atoms with Gasteiger partial charge in [-0.2, -0.15) is 0 Å². The van der Waals surface area contributed by atoms with E-state index in [1.807, 2.05) is 11.8 Å². The lowest BCUT2D eigenvalue weighted by molar-refractivity contribution is 0.485. The highest BCUT2D eigenvalue weighted by atomic mass is 32.2. The SMILES string of the molecule is CCCNC1CC(C)Sc2ccc(C)cc21. The maximum Gasteiger partial charge on any atom is 0.0341 e. The first-order valence-corrected chi connectivity index (χ1v) is 7.09. The molecule has 0 aromatic heterocycles. The second kappa shape index (κ2) is 5.24. The number of benzene rings is 1. The van der Waals surface area contributed by atoms with Crippen LogP contribution in [0.2, 0.25) is 0 Å². The van der Waals surface area contributed by atoms with Gasteiger partial charge >= 0.3 is 0 Å². The van der Waals surface area contributed by atoms with E-state index in [-0.39, 0.29) is 0 Å². The van der Waals surface area contributed by atoms with Gasteiger partial charge in [-0.05, 0) is 37.9 Å². The monoisotopic (exact) mass is 235 g/mol. The summed E-state index contributed by atoms with van der Waals surface area (Å²) < 4.78 is 0. The maximum atomic E-state index is 3.67. The number of rotatable bonds is 3. The van der Waals surface area contributed by atoms with Crippen LogP contribution in [0.3, 0.4) is 0 Å². The molecule has 0 fully saturated rings. The molecular weight excluding hydrogens is 214 g/mol. The molecule has 1 nitrogen and oxygen atoms in total. The Balaban J connectivity index is 2.24. The fraction of sp³-hybridized carbons (Fsp3) is 0.571. The summed E-state index contributed by atoms with van der Waals surface area (Å²) in [5, 5.41) is 4.40. The molecule has 1 aromatic rings. The lowest BCUT2D eigenvalue weighted by Gasteiger charge is -2.30. The lowest BCUT2D eigenvalue weighted by atomic mass is 9.99. The van der Waals surface area contributed by atoms with Gasteiger partial charge in [0.1, 0.15) is 0 Å². The smallest absolute Gasteiger partial charge is 0.0341 e. The van der Waals surface area contributed by atoms with Crippen LogP contribution in [-0.2, 0) is 0 Å². The van der Waals surface area contributed by atoms with Crippen LogP contribution in [-0.4, -0.2) is 11.8 Å². The van der Waals surface area contributed by atoms with E-state index in [0.717, 1.165) is 11.8 Å². The first kappa shape index (κ1) is 12.0. The Morgan fingerprint density at radius 1 is 1.44 bits per heavy atom. The normalized spacial score (nSPS) is 24.2. The van der Waals surface area contributed by atoms with Crippen LogP contribution in [0.15, 0.2) is 23.1 Å². The predicted molar refractivity (Wildman–Crippen MR) is 72.1 cm³/mol. The molecule has 0 amide bonds. The van der Waals surface area contributed by atoms with Crippen molar-refractivity contribution in [3.63, 3.8) is 0 Å². The van der Waals surface area contributed by atoms with Crippen LogP contribution < -0.4 is 5.32 Å². The van der Waals surface area contributed by atoms with Gasteiger partial charge in [0.15, 0.2) is 0 Å². The van der Waals surface area contributed by atoms with E-state index in [0.29, 0.717) is 6.04 Å². The molecule has 2 unspecified atom stereocenters. The molecule has 88 valence electrons. The molecule has 0 bridgehead atoms. The van der Waals surface area contributed by atoms with Gasteiger partial charge in [0.25, 0.3) is 0 Å². The van der Waals surface area contributed by atoms with Crippen molar-refractivity contribution in [2.75, 3.05) is 6.54 Å². The van der Waals surface area contributed by atoms with Crippen molar-refractivity contribution in [3.8, 4) is 0 Å². The Hall–Kier alpha value is -0.470. The number of hydrogen-bond acceptors (Lipinski definition) is 2. The molecule has 1 aliphatic rings. The summed E-state index contributed by atoms with van der Waals surface area (Å²) in [4.78, 5) is 1.47. The van der Waals surface area contributed by atoms with E-state index in [1.165, 1.54) is 28.9 Å². The zero-order valence-corrected chi connectivity index (χ0v) is 11.2. The van der Waals surface area contributed by atoms with Gasteiger partial charge in [-0.25, -0.2) is 0 Å². The first-order chi connectivity index (χ1) is 7.70. The van der Waals surface area contributed by atoms with Gasteiger partial charge in [0, 0.05) is 16.2 Å². The largest absolute Gasteiger partial charge is 0.310 e. The molecule has 2 atom stereocenters. The lowest BCUT2D eigenvalue weighted by Crippen LogP contribution is -2.27. The molecule has 0 spiro atoms. The van der Waals surface area contributed by atoms with Crippen LogP contribution >= 0.6 is 11.8 Å². The quantitative estimate of drug-likeness (QED) is 0.852. The molecule has 0 saturated heterocycles. The second-order valence-electron chi connectivity index (χ2n) is 4.71. The number of aryl methyl sites for hydroxylation is 1. The molecule has 16 heavy (non-hydrogen) atoms. The summed E-state index contributed by atoms with van der Waals surface area (Å²) in [6.45, 7) is 7.86. The highest BCUT2D eigenvalue weighted by Crippen LogP contribution is 2.40. The minimum absolute atomic E-state index is 0.561. The first-order valence-electron chi connectivity index (χ1n) is 6.21. The Bertz CT molecular complexity index is 362. The van der Waals surface area contributed by atoms with Gasteiger partial charge in [-0.3, -0.25) is 0 Å².